The van der Waals surface area contributed by atoms with Crippen LogP contribution < -0.4 is 0 Å². The van der Waals surface area contributed by atoms with Crippen molar-refractivity contribution >= 4 is 0 Å². The molecule has 1 aromatic carbocycles. The first kappa shape index (κ1) is 19.6. The molecule has 5 heteroatoms. The van der Waals surface area contributed by atoms with Crippen molar-refractivity contribution in [1.29, 1.82) is 0 Å². The Kier molecular flexibility index (Phi) is 9.86. The molecule has 0 atom stereocenters. The number of ether oxygens (including phenoxy) is 1. The third-order valence-corrected chi connectivity index (χ3v) is 4.41. The molecule has 0 fully saturated rings. The van der Waals surface area contributed by atoms with Crippen LogP contribution in [-0.2, 0) is 17.7 Å². The van der Waals surface area contributed by atoms with E-state index < -0.39 is 0 Å². The number of tetrazole rings is 1. The van der Waals surface area contributed by atoms with Gasteiger partial charge in [-0.25, -0.2) is 0 Å². The zero-order chi connectivity index (χ0) is 17.6. The fraction of sp³-hybridized carbons (Fsp3) is 0.650. The fourth-order valence-corrected chi connectivity index (χ4v) is 2.96. The van der Waals surface area contributed by atoms with Crippen molar-refractivity contribution in [2.45, 2.75) is 70.8 Å². The minimum atomic E-state index is 0.693. The number of hydrogen-bond acceptors (Lipinski definition) is 4. The summed E-state index contributed by atoms with van der Waals surface area (Å²) in [5, 5.41) is 12.8. The van der Waals surface area contributed by atoms with Crippen LogP contribution in [0.2, 0.25) is 0 Å². The highest BCUT2D eigenvalue weighted by Gasteiger charge is 2.03. The van der Waals surface area contributed by atoms with Crippen LogP contribution in [0.3, 0.4) is 0 Å². The maximum Gasteiger partial charge on any atom is 0.174 e. The second-order valence-electron chi connectivity index (χ2n) is 6.65. The summed E-state index contributed by atoms with van der Waals surface area (Å²) in [7, 11) is 1.78. The summed E-state index contributed by atoms with van der Waals surface area (Å²) in [5.74, 6) is 0.870. The molecule has 1 heterocycles. The molecular formula is C20H32N4O. The third kappa shape index (κ3) is 8.77. The third-order valence-electron chi connectivity index (χ3n) is 4.41. The quantitative estimate of drug-likeness (QED) is 0.476. The van der Waals surface area contributed by atoms with Crippen LogP contribution in [-0.4, -0.2) is 33.9 Å². The number of aryl methyl sites for hydroxylation is 1. The molecule has 0 radical (unpaired) electrons. The molecule has 0 aliphatic rings. The van der Waals surface area contributed by atoms with Crippen molar-refractivity contribution in [2.24, 2.45) is 0 Å². The SMILES string of the molecule is COCCCCCCCCCCCc1nnn(Cc2ccccc2)n1. The van der Waals surface area contributed by atoms with Crippen LogP contribution >= 0.6 is 0 Å². The molecule has 0 spiro atoms. The van der Waals surface area contributed by atoms with Gasteiger partial charge in [0.15, 0.2) is 5.82 Å². The number of methoxy groups -OCH3 is 1. The molecule has 5 nitrogen and oxygen atoms in total. The van der Waals surface area contributed by atoms with E-state index in [4.69, 9.17) is 4.74 Å². The Morgan fingerprint density at radius 3 is 2.16 bits per heavy atom. The number of aromatic nitrogens is 4. The van der Waals surface area contributed by atoms with Crippen LogP contribution in [0.5, 0.6) is 0 Å². The minimum absolute atomic E-state index is 0.693. The summed E-state index contributed by atoms with van der Waals surface area (Å²) in [6.45, 7) is 1.60. The predicted molar refractivity (Wildman–Crippen MR) is 100 cm³/mol. The van der Waals surface area contributed by atoms with Crippen molar-refractivity contribution in [3.63, 3.8) is 0 Å². The number of hydrogen-bond donors (Lipinski definition) is 0. The van der Waals surface area contributed by atoms with Crippen molar-refractivity contribution < 1.29 is 4.74 Å². The Morgan fingerprint density at radius 1 is 0.840 bits per heavy atom. The number of rotatable bonds is 14. The molecule has 1 aromatic heterocycles. The van der Waals surface area contributed by atoms with Gasteiger partial charge in [0.05, 0.1) is 6.54 Å². The van der Waals surface area contributed by atoms with Crippen LogP contribution in [0.15, 0.2) is 30.3 Å². The molecule has 0 saturated carbocycles. The lowest BCUT2D eigenvalue weighted by atomic mass is 10.1. The fourth-order valence-electron chi connectivity index (χ4n) is 2.96. The zero-order valence-corrected chi connectivity index (χ0v) is 15.6. The minimum Gasteiger partial charge on any atom is -0.385 e. The zero-order valence-electron chi connectivity index (χ0n) is 15.6. The number of unbranched alkanes of at least 4 members (excludes halogenated alkanes) is 8. The standard InChI is InChI=1S/C20H32N4O/c1-25-17-13-8-6-4-2-3-5-7-12-16-20-21-23-24(22-20)18-19-14-10-9-11-15-19/h9-11,14-15H,2-8,12-13,16-18H2,1H3. The first-order chi connectivity index (χ1) is 12.4. The second kappa shape index (κ2) is 12.6. The lowest BCUT2D eigenvalue weighted by molar-refractivity contribution is 0.192. The predicted octanol–water partition coefficient (Wildman–Crippen LogP) is 4.42. The van der Waals surface area contributed by atoms with Gasteiger partial charge >= 0.3 is 0 Å². The smallest absolute Gasteiger partial charge is 0.174 e. The van der Waals surface area contributed by atoms with Crippen LogP contribution in [0.4, 0.5) is 0 Å². The molecule has 0 bridgehead atoms. The summed E-state index contributed by atoms with van der Waals surface area (Å²) < 4.78 is 5.07. The van der Waals surface area contributed by atoms with Crippen molar-refractivity contribution in [3.8, 4) is 0 Å². The van der Waals surface area contributed by atoms with E-state index in [9.17, 15) is 0 Å². The highest BCUT2D eigenvalue weighted by Crippen LogP contribution is 2.11. The molecule has 0 unspecified atom stereocenters. The molecule has 0 aliphatic carbocycles. The molecule has 138 valence electrons. The summed E-state index contributed by atoms with van der Waals surface area (Å²) in [6.07, 6.45) is 12.6. The Labute approximate surface area is 151 Å². The summed E-state index contributed by atoms with van der Waals surface area (Å²) in [5.41, 5.74) is 1.20. The monoisotopic (exact) mass is 344 g/mol. The molecule has 0 saturated heterocycles. The Balaban J connectivity index is 1.47. The van der Waals surface area contributed by atoms with Crippen molar-refractivity contribution in [1.82, 2.24) is 20.2 Å². The van der Waals surface area contributed by atoms with E-state index in [1.54, 1.807) is 11.9 Å². The Hall–Kier alpha value is -1.75. The average molecular weight is 345 g/mol. The van der Waals surface area contributed by atoms with Crippen LogP contribution in [0, 0.1) is 0 Å². The second-order valence-corrected chi connectivity index (χ2v) is 6.65. The van der Waals surface area contributed by atoms with Gasteiger partial charge in [0.25, 0.3) is 0 Å². The van der Waals surface area contributed by atoms with Gasteiger partial charge in [-0.1, -0.05) is 75.3 Å². The highest BCUT2D eigenvalue weighted by molar-refractivity contribution is 5.14. The first-order valence-electron chi connectivity index (χ1n) is 9.68. The normalized spacial score (nSPS) is 11.1. The van der Waals surface area contributed by atoms with Crippen molar-refractivity contribution in [2.75, 3.05) is 13.7 Å². The van der Waals surface area contributed by atoms with E-state index in [0.717, 1.165) is 25.3 Å². The van der Waals surface area contributed by atoms with Gasteiger partial charge in [0.1, 0.15) is 0 Å². The van der Waals surface area contributed by atoms with E-state index in [1.165, 1.54) is 56.9 Å². The molecule has 0 amide bonds. The molecule has 2 rings (SSSR count). The van der Waals surface area contributed by atoms with Crippen LogP contribution in [0.25, 0.3) is 0 Å². The van der Waals surface area contributed by atoms with Gasteiger partial charge in [0.2, 0.25) is 0 Å². The topological polar surface area (TPSA) is 52.8 Å². The van der Waals surface area contributed by atoms with Gasteiger partial charge < -0.3 is 4.74 Å². The van der Waals surface area contributed by atoms with Gasteiger partial charge in [-0.2, -0.15) is 4.80 Å². The number of benzene rings is 1. The largest absolute Gasteiger partial charge is 0.385 e. The van der Waals surface area contributed by atoms with Crippen molar-refractivity contribution in [3.05, 3.63) is 41.7 Å². The Morgan fingerprint density at radius 2 is 1.48 bits per heavy atom. The van der Waals surface area contributed by atoms with Gasteiger partial charge in [0, 0.05) is 20.1 Å². The van der Waals surface area contributed by atoms with E-state index in [0.29, 0.717) is 6.54 Å². The molecule has 25 heavy (non-hydrogen) atoms. The van der Waals surface area contributed by atoms with Gasteiger partial charge in [-0.15, -0.1) is 10.2 Å². The molecule has 0 N–H and O–H groups in total. The van der Waals surface area contributed by atoms with Gasteiger partial charge in [-0.05, 0) is 23.6 Å². The van der Waals surface area contributed by atoms with E-state index in [1.807, 2.05) is 18.2 Å². The number of nitrogens with zero attached hydrogens (tertiary/aromatic N) is 4. The summed E-state index contributed by atoms with van der Waals surface area (Å²) in [4.78, 5) is 1.69. The summed E-state index contributed by atoms with van der Waals surface area (Å²) in [6, 6.07) is 10.3. The Bertz CT molecular complexity index is 556. The van der Waals surface area contributed by atoms with Crippen LogP contribution in [0.1, 0.15) is 69.2 Å². The molecule has 0 aliphatic heterocycles. The first-order valence-corrected chi connectivity index (χ1v) is 9.68. The van der Waals surface area contributed by atoms with E-state index in [2.05, 4.69) is 27.5 Å². The lowest BCUT2D eigenvalue weighted by Crippen LogP contribution is -2.04. The average Bonchev–Trinajstić information content (AvgIpc) is 3.08. The maximum atomic E-state index is 5.07. The molecule has 2 aromatic rings. The van der Waals surface area contributed by atoms with Gasteiger partial charge in [-0.3, -0.25) is 0 Å². The highest BCUT2D eigenvalue weighted by atomic mass is 16.5. The maximum absolute atomic E-state index is 5.07. The molecular weight excluding hydrogens is 312 g/mol. The van der Waals surface area contributed by atoms with E-state index >= 15 is 0 Å². The summed E-state index contributed by atoms with van der Waals surface area (Å²) >= 11 is 0. The van der Waals surface area contributed by atoms with E-state index in [-0.39, 0.29) is 0 Å². The lowest BCUT2D eigenvalue weighted by Gasteiger charge is -2.02.